The van der Waals surface area contributed by atoms with E-state index in [9.17, 15) is 8.42 Å². The molecule has 0 aromatic carbocycles. The summed E-state index contributed by atoms with van der Waals surface area (Å²) < 4.78 is 26.8. The highest BCUT2D eigenvalue weighted by Crippen LogP contribution is 2.10. The Morgan fingerprint density at radius 1 is 1.38 bits per heavy atom. The van der Waals surface area contributed by atoms with E-state index in [-0.39, 0.29) is 11.5 Å². The molecule has 0 atom stereocenters. The average molecular weight is 322 g/mol. The molecule has 0 aliphatic carbocycles. The number of thiophene rings is 1. The molecule has 7 heteroatoms. The van der Waals surface area contributed by atoms with Crippen molar-refractivity contribution < 1.29 is 13.5 Å². The summed E-state index contributed by atoms with van der Waals surface area (Å²) in [6.07, 6.45) is 3.37. The van der Waals surface area contributed by atoms with Crippen LogP contribution < -0.4 is 4.72 Å². The zero-order valence-electron chi connectivity index (χ0n) is 11.1. The smallest absolute Gasteiger partial charge is 0.242 e. The van der Waals surface area contributed by atoms with E-state index in [2.05, 4.69) is 21.5 Å². The summed E-state index contributed by atoms with van der Waals surface area (Å²) in [6, 6.07) is 3.40. The van der Waals surface area contributed by atoms with E-state index >= 15 is 0 Å². The van der Waals surface area contributed by atoms with Crippen molar-refractivity contribution in [2.24, 2.45) is 0 Å². The Hall–Kier alpha value is -1.72. The summed E-state index contributed by atoms with van der Waals surface area (Å²) in [5.41, 5.74) is 1.55. The summed E-state index contributed by atoms with van der Waals surface area (Å²) in [5.74, 6) is 5.09. The first-order valence-corrected chi connectivity index (χ1v) is 8.60. The Morgan fingerprint density at radius 2 is 2.24 bits per heavy atom. The molecule has 0 saturated carbocycles. The van der Waals surface area contributed by atoms with Crippen molar-refractivity contribution in [3.63, 3.8) is 0 Å². The Balaban J connectivity index is 2.04. The molecule has 0 radical (unpaired) electrons. The van der Waals surface area contributed by atoms with Crippen LogP contribution in [0.25, 0.3) is 0 Å². The third kappa shape index (κ3) is 4.65. The van der Waals surface area contributed by atoms with Crippen LogP contribution in [0.2, 0.25) is 0 Å². The van der Waals surface area contributed by atoms with Gasteiger partial charge in [0.2, 0.25) is 10.0 Å². The van der Waals surface area contributed by atoms with Crippen LogP contribution >= 0.6 is 11.3 Å². The zero-order chi connectivity index (χ0) is 15.1. The molecule has 2 heterocycles. The lowest BCUT2D eigenvalue weighted by Gasteiger charge is -2.06. The van der Waals surface area contributed by atoms with Gasteiger partial charge in [-0.1, -0.05) is 11.8 Å². The molecule has 110 valence electrons. The van der Waals surface area contributed by atoms with E-state index in [1.54, 1.807) is 11.3 Å². The van der Waals surface area contributed by atoms with Crippen molar-refractivity contribution in [2.45, 2.75) is 11.3 Å². The van der Waals surface area contributed by atoms with Crippen molar-refractivity contribution in [3.05, 3.63) is 46.4 Å². The molecule has 0 bridgehead atoms. The fourth-order valence-electron chi connectivity index (χ4n) is 1.62. The van der Waals surface area contributed by atoms with E-state index in [1.165, 1.54) is 18.5 Å². The molecule has 0 spiro atoms. The summed E-state index contributed by atoms with van der Waals surface area (Å²) in [4.78, 5) is 3.93. The van der Waals surface area contributed by atoms with Crippen LogP contribution in [0.5, 0.6) is 0 Å². The fraction of sp³-hybridized carbons (Fsp3) is 0.214. The quantitative estimate of drug-likeness (QED) is 0.805. The van der Waals surface area contributed by atoms with Gasteiger partial charge in [0.15, 0.2) is 0 Å². The first-order chi connectivity index (χ1) is 10.1. The molecule has 2 aromatic rings. The third-order valence-electron chi connectivity index (χ3n) is 2.62. The SMILES string of the molecule is O=S(=O)(NCCc1ccsc1)c1cncc(C#CCO)c1. The van der Waals surface area contributed by atoms with Crippen LogP contribution in [0, 0.1) is 11.8 Å². The molecule has 0 unspecified atom stereocenters. The van der Waals surface area contributed by atoms with Crippen LogP contribution in [0.1, 0.15) is 11.1 Å². The van der Waals surface area contributed by atoms with Gasteiger partial charge in [0.1, 0.15) is 11.5 Å². The van der Waals surface area contributed by atoms with E-state index in [4.69, 9.17) is 5.11 Å². The maximum absolute atomic E-state index is 12.1. The minimum atomic E-state index is -3.60. The van der Waals surface area contributed by atoms with Gasteiger partial charge in [-0.3, -0.25) is 4.98 Å². The van der Waals surface area contributed by atoms with Crippen molar-refractivity contribution in [1.29, 1.82) is 0 Å². The molecule has 0 fully saturated rings. The van der Waals surface area contributed by atoms with Gasteiger partial charge in [0.25, 0.3) is 0 Å². The van der Waals surface area contributed by atoms with Gasteiger partial charge < -0.3 is 5.11 Å². The third-order valence-corrected chi connectivity index (χ3v) is 4.78. The Morgan fingerprint density at radius 3 is 2.95 bits per heavy atom. The first kappa shape index (κ1) is 15.7. The minimum absolute atomic E-state index is 0.0672. The molecule has 2 aromatic heterocycles. The number of aliphatic hydroxyl groups excluding tert-OH is 1. The zero-order valence-corrected chi connectivity index (χ0v) is 12.7. The van der Waals surface area contributed by atoms with E-state index < -0.39 is 10.0 Å². The number of nitrogens with zero attached hydrogens (tertiary/aromatic N) is 1. The van der Waals surface area contributed by atoms with E-state index in [0.717, 1.165) is 5.56 Å². The van der Waals surface area contributed by atoms with Gasteiger partial charge >= 0.3 is 0 Å². The standard InChI is InChI=1S/C14H14N2O3S2/c17-6-1-2-13-8-14(10-15-9-13)21(18,19)16-5-3-12-4-7-20-11-12/h4,7-11,16-17H,3,5-6H2. The van der Waals surface area contributed by atoms with Gasteiger partial charge in [0.05, 0.1) is 0 Å². The number of aromatic nitrogens is 1. The molecule has 0 amide bonds. The second-order valence-corrected chi connectivity index (χ2v) is 6.70. The summed E-state index contributed by atoms with van der Waals surface area (Å²) in [7, 11) is -3.60. The van der Waals surface area contributed by atoms with Crippen LogP contribution in [-0.4, -0.2) is 31.7 Å². The molecule has 2 N–H and O–H groups in total. The summed E-state index contributed by atoms with van der Waals surface area (Å²) in [6.45, 7) is 0.0431. The number of rotatable bonds is 5. The van der Waals surface area contributed by atoms with Crippen LogP contribution in [-0.2, 0) is 16.4 Å². The van der Waals surface area contributed by atoms with Gasteiger partial charge in [-0.15, -0.1) is 0 Å². The molecule has 21 heavy (non-hydrogen) atoms. The van der Waals surface area contributed by atoms with Crippen molar-refractivity contribution in [3.8, 4) is 11.8 Å². The van der Waals surface area contributed by atoms with E-state index in [1.807, 2.05) is 16.8 Å². The van der Waals surface area contributed by atoms with Crippen LogP contribution in [0.4, 0.5) is 0 Å². The van der Waals surface area contributed by atoms with Crippen LogP contribution in [0.15, 0.2) is 40.2 Å². The van der Waals surface area contributed by atoms with Gasteiger partial charge in [0, 0.05) is 24.5 Å². The number of hydrogen-bond donors (Lipinski definition) is 2. The number of hydrogen-bond acceptors (Lipinski definition) is 5. The van der Waals surface area contributed by atoms with Crippen molar-refractivity contribution >= 4 is 21.4 Å². The lowest BCUT2D eigenvalue weighted by atomic mass is 10.2. The predicted molar refractivity (Wildman–Crippen MR) is 81.4 cm³/mol. The predicted octanol–water partition coefficient (Wildman–Crippen LogP) is 1.01. The number of aliphatic hydroxyl groups is 1. The van der Waals surface area contributed by atoms with Gasteiger partial charge in [-0.25, -0.2) is 13.1 Å². The molecule has 0 aliphatic rings. The van der Waals surface area contributed by atoms with Crippen molar-refractivity contribution in [2.75, 3.05) is 13.2 Å². The maximum atomic E-state index is 12.1. The summed E-state index contributed by atoms with van der Waals surface area (Å²) >= 11 is 1.58. The monoisotopic (exact) mass is 322 g/mol. The van der Waals surface area contributed by atoms with Gasteiger partial charge in [-0.2, -0.15) is 11.3 Å². The maximum Gasteiger partial charge on any atom is 0.242 e. The molecular weight excluding hydrogens is 308 g/mol. The molecule has 5 nitrogen and oxygen atoms in total. The number of sulfonamides is 1. The highest BCUT2D eigenvalue weighted by atomic mass is 32.2. The lowest BCUT2D eigenvalue weighted by molar-refractivity contribution is 0.350. The fourth-order valence-corrected chi connectivity index (χ4v) is 3.35. The van der Waals surface area contributed by atoms with Gasteiger partial charge in [-0.05, 0) is 34.9 Å². The Kier molecular flexibility index (Phi) is 5.47. The first-order valence-electron chi connectivity index (χ1n) is 6.17. The lowest BCUT2D eigenvalue weighted by Crippen LogP contribution is -2.26. The summed E-state index contributed by atoms with van der Waals surface area (Å²) in [5, 5.41) is 12.6. The largest absolute Gasteiger partial charge is 0.384 e. The van der Waals surface area contributed by atoms with E-state index in [0.29, 0.717) is 18.5 Å². The second kappa shape index (κ2) is 7.33. The highest BCUT2D eigenvalue weighted by Gasteiger charge is 2.14. The minimum Gasteiger partial charge on any atom is -0.384 e. The normalized spacial score (nSPS) is 10.9. The molecule has 2 rings (SSSR count). The number of nitrogens with one attached hydrogen (secondary N) is 1. The second-order valence-electron chi connectivity index (χ2n) is 4.15. The molecule has 0 saturated heterocycles. The Bertz CT molecular complexity index is 744. The number of pyridine rings is 1. The average Bonchev–Trinajstić information content (AvgIpc) is 2.98. The molecular formula is C14H14N2O3S2. The topological polar surface area (TPSA) is 79.3 Å². The van der Waals surface area contributed by atoms with Crippen molar-refractivity contribution in [1.82, 2.24) is 9.71 Å². The molecule has 0 aliphatic heterocycles. The van der Waals surface area contributed by atoms with Crippen LogP contribution in [0.3, 0.4) is 0 Å². The Labute approximate surface area is 127 Å². The highest BCUT2D eigenvalue weighted by molar-refractivity contribution is 7.89.